The second-order valence-corrected chi connectivity index (χ2v) is 6.03. The molecule has 0 spiro atoms. The molecule has 0 aromatic carbocycles. The number of rotatable bonds is 5. The molecule has 1 aliphatic carbocycles. The van der Waals surface area contributed by atoms with E-state index in [0.29, 0.717) is 16.8 Å². The number of likely N-dealkylation sites (tertiary alicyclic amines) is 1. The van der Waals surface area contributed by atoms with E-state index in [0.717, 1.165) is 19.1 Å². The molecule has 2 aliphatic rings. The van der Waals surface area contributed by atoms with Crippen molar-refractivity contribution in [1.82, 2.24) is 9.88 Å². The molecule has 108 valence electrons. The van der Waals surface area contributed by atoms with Crippen LogP contribution < -0.4 is 5.32 Å². The van der Waals surface area contributed by atoms with Gasteiger partial charge in [-0.2, -0.15) is 0 Å². The zero-order valence-corrected chi connectivity index (χ0v) is 11.9. The Morgan fingerprint density at radius 2 is 2.30 bits per heavy atom. The van der Waals surface area contributed by atoms with Crippen LogP contribution >= 0.6 is 11.6 Å². The maximum absolute atomic E-state index is 10.8. The largest absolute Gasteiger partial charge is 0.478 e. The third kappa shape index (κ3) is 3.04. The smallest absolute Gasteiger partial charge is 0.337 e. The number of anilines is 1. The lowest BCUT2D eigenvalue weighted by molar-refractivity contribution is 0.0696. The number of carboxylic acids is 1. The molecule has 1 atom stereocenters. The van der Waals surface area contributed by atoms with Crippen molar-refractivity contribution < 1.29 is 9.90 Å². The first-order valence-electron chi connectivity index (χ1n) is 7.00. The van der Waals surface area contributed by atoms with Crippen molar-refractivity contribution in [2.24, 2.45) is 5.92 Å². The van der Waals surface area contributed by atoms with E-state index in [1.54, 1.807) is 0 Å². The van der Waals surface area contributed by atoms with Crippen molar-refractivity contribution in [2.75, 3.05) is 25.0 Å². The Kier molecular flexibility index (Phi) is 3.81. The van der Waals surface area contributed by atoms with E-state index >= 15 is 0 Å². The maximum atomic E-state index is 10.8. The van der Waals surface area contributed by atoms with Crippen molar-refractivity contribution in [3.63, 3.8) is 0 Å². The normalized spacial score (nSPS) is 22.9. The van der Waals surface area contributed by atoms with Gasteiger partial charge >= 0.3 is 5.97 Å². The summed E-state index contributed by atoms with van der Waals surface area (Å²) in [4.78, 5) is 17.5. The van der Waals surface area contributed by atoms with Crippen LogP contribution in [0, 0.1) is 5.92 Å². The number of hydrogen-bond acceptors (Lipinski definition) is 4. The maximum Gasteiger partial charge on any atom is 0.337 e. The zero-order chi connectivity index (χ0) is 14.1. The highest BCUT2D eigenvalue weighted by Gasteiger charge is 2.34. The Labute approximate surface area is 122 Å². The average Bonchev–Trinajstić information content (AvgIpc) is 3.17. The number of aromatic nitrogens is 1. The number of aromatic carboxylic acids is 1. The Bertz CT molecular complexity index is 519. The molecule has 1 aromatic rings. The molecular weight excluding hydrogens is 278 g/mol. The number of carboxylic acid groups (broad SMARTS) is 1. The van der Waals surface area contributed by atoms with E-state index in [1.807, 2.05) is 0 Å². The van der Waals surface area contributed by atoms with Crippen molar-refractivity contribution in [2.45, 2.75) is 25.3 Å². The molecule has 1 saturated heterocycles. The van der Waals surface area contributed by atoms with Crippen LogP contribution in [0.3, 0.4) is 0 Å². The summed E-state index contributed by atoms with van der Waals surface area (Å²) in [6, 6.07) is 2.27. The van der Waals surface area contributed by atoms with Crippen LogP contribution in [-0.2, 0) is 0 Å². The van der Waals surface area contributed by atoms with Gasteiger partial charge in [0.1, 0.15) is 5.82 Å². The van der Waals surface area contributed by atoms with Crippen molar-refractivity contribution >= 4 is 23.4 Å². The summed E-state index contributed by atoms with van der Waals surface area (Å²) in [5, 5.41) is 12.5. The standard InChI is InChI=1S/C14H18ClN3O2/c15-12-5-10(14(19)20)7-17-13(12)16-6-9-3-4-18(8-9)11-1-2-11/h5,7,9,11H,1-4,6,8H2,(H,16,17)(H,19,20)/t9-/m1/s1. The van der Waals surface area contributed by atoms with Crippen LogP contribution in [0.5, 0.6) is 0 Å². The molecular formula is C14H18ClN3O2. The first-order chi connectivity index (χ1) is 9.63. The summed E-state index contributed by atoms with van der Waals surface area (Å²) in [6.07, 6.45) is 5.24. The van der Waals surface area contributed by atoms with Crippen LogP contribution in [0.2, 0.25) is 5.02 Å². The van der Waals surface area contributed by atoms with Crippen LogP contribution in [0.1, 0.15) is 29.6 Å². The van der Waals surface area contributed by atoms with E-state index in [1.165, 1.54) is 38.1 Å². The second-order valence-electron chi connectivity index (χ2n) is 5.62. The number of nitrogens with zero attached hydrogens (tertiary/aromatic N) is 2. The van der Waals surface area contributed by atoms with Gasteiger partial charge in [-0.25, -0.2) is 9.78 Å². The topological polar surface area (TPSA) is 65.5 Å². The Morgan fingerprint density at radius 1 is 1.50 bits per heavy atom. The first kappa shape index (κ1) is 13.6. The van der Waals surface area contributed by atoms with Crippen molar-refractivity contribution in [1.29, 1.82) is 0 Å². The number of nitrogens with one attached hydrogen (secondary N) is 1. The van der Waals surface area contributed by atoms with Crippen molar-refractivity contribution in [3.8, 4) is 0 Å². The fourth-order valence-electron chi connectivity index (χ4n) is 2.73. The summed E-state index contributed by atoms with van der Waals surface area (Å²) in [5.41, 5.74) is 0.112. The molecule has 5 nitrogen and oxygen atoms in total. The molecule has 1 aromatic heterocycles. The predicted octanol–water partition coefficient (Wildman–Crippen LogP) is 2.33. The van der Waals surface area contributed by atoms with Crippen LogP contribution in [0.4, 0.5) is 5.82 Å². The highest BCUT2D eigenvalue weighted by molar-refractivity contribution is 6.33. The fraction of sp³-hybridized carbons (Fsp3) is 0.571. The molecule has 0 radical (unpaired) electrons. The van der Waals surface area contributed by atoms with Gasteiger partial charge in [-0.15, -0.1) is 0 Å². The minimum absolute atomic E-state index is 0.112. The summed E-state index contributed by atoms with van der Waals surface area (Å²) in [6.45, 7) is 3.17. The average molecular weight is 296 g/mol. The van der Waals surface area contributed by atoms with E-state index in [9.17, 15) is 4.79 Å². The monoisotopic (exact) mass is 295 g/mol. The lowest BCUT2D eigenvalue weighted by atomic mass is 10.1. The van der Waals surface area contributed by atoms with Gasteiger partial charge in [0.25, 0.3) is 0 Å². The minimum Gasteiger partial charge on any atom is -0.478 e. The number of carbonyl (C=O) groups is 1. The quantitative estimate of drug-likeness (QED) is 0.873. The Hall–Kier alpha value is -1.33. The molecule has 20 heavy (non-hydrogen) atoms. The molecule has 1 saturated carbocycles. The van der Waals surface area contributed by atoms with Crippen LogP contribution in [0.15, 0.2) is 12.3 Å². The minimum atomic E-state index is -1.01. The van der Waals surface area contributed by atoms with Gasteiger partial charge in [-0.05, 0) is 37.8 Å². The molecule has 0 unspecified atom stereocenters. The Morgan fingerprint density at radius 3 is 2.95 bits per heavy atom. The van der Waals surface area contributed by atoms with E-state index in [4.69, 9.17) is 16.7 Å². The highest BCUT2D eigenvalue weighted by atomic mass is 35.5. The summed E-state index contributed by atoms with van der Waals surface area (Å²) < 4.78 is 0. The molecule has 2 fully saturated rings. The first-order valence-corrected chi connectivity index (χ1v) is 7.38. The van der Waals surface area contributed by atoms with Gasteiger partial charge in [0.2, 0.25) is 0 Å². The van der Waals surface area contributed by atoms with E-state index in [2.05, 4.69) is 15.2 Å². The van der Waals surface area contributed by atoms with E-state index in [-0.39, 0.29) is 5.56 Å². The summed E-state index contributed by atoms with van der Waals surface area (Å²) in [5.74, 6) is 0.177. The predicted molar refractivity (Wildman–Crippen MR) is 77.4 cm³/mol. The zero-order valence-electron chi connectivity index (χ0n) is 11.2. The third-order valence-corrected chi connectivity index (χ3v) is 4.31. The van der Waals surface area contributed by atoms with Gasteiger partial charge in [-0.1, -0.05) is 11.6 Å². The van der Waals surface area contributed by atoms with Crippen LogP contribution in [-0.4, -0.2) is 46.6 Å². The lowest BCUT2D eigenvalue weighted by Crippen LogP contribution is -2.25. The van der Waals surface area contributed by atoms with Crippen LogP contribution in [0.25, 0.3) is 0 Å². The molecule has 0 amide bonds. The number of halogens is 1. The Balaban J connectivity index is 1.54. The molecule has 6 heteroatoms. The van der Waals surface area contributed by atoms with Gasteiger partial charge in [0.05, 0.1) is 10.6 Å². The third-order valence-electron chi connectivity index (χ3n) is 4.03. The van der Waals surface area contributed by atoms with Gasteiger partial charge in [0, 0.05) is 25.3 Å². The van der Waals surface area contributed by atoms with Gasteiger partial charge in [0.15, 0.2) is 0 Å². The molecule has 3 rings (SSSR count). The van der Waals surface area contributed by atoms with Gasteiger partial charge < -0.3 is 15.3 Å². The number of hydrogen-bond donors (Lipinski definition) is 2. The summed E-state index contributed by atoms with van der Waals surface area (Å²) >= 11 is 6.05. The second kappa shape index (κ2) is 5.58. The molecule has 1 aliphatic heterocycles. The lowest BCUT2D eigenvalue weighted by Gasteiger charge is -2.15. The fourth-order valence-corrected chi connectivity index (χ4v) is 2.96. The van der Waals surface area contributed by atoms with E-state index < -0.39 is 5.97 Å². The molecule has 2 heterocycles. The van der Waals surface area contributed by atoms with Gasteiger partial charge in [-0.3, -0.25) is 0 Å². The van der Waals surface area contributed by atoms with Crippen molar-refractivity contribution in [3.05, 3.63) is 22.8 Å². The molecule has 0 bridgehead atoms. The summed E-state index contributed by atoms with van der Waals surface area (Å²) in [7, 11) is 0. The molecule has 2 N–H and O–H groups in total. The highest BCUT2D eigenvalue weighted by Crippen LogP contribution is 2.32. The number of pyridine rings is 1. The SMILES string of the molecule is O=C(O)c1cnc(NC[C@H]2CCN(C3CC3)C2)c(Cl)c1.